The lowest BCUT2D eigenvalue weighted by molar-refractivity contribution is 0.0948. The van der Waals surface area contributed by atoms with E-state index >= 15 is 0 Å². The first-order chi connectivity index (χ1) is 9.56. The molecule has 1 aromatic rings. The Labute approximate surface area is 120 Å². The van der Waals surface area contributed by atoms with Gasteiger partial charge in [0, 0.05) is 13.1 Å². The molecule has 0 spiro atoms. The van der Waals surface area contributed by atoms with Gasteiger partial charge in [0.2, 0.25) is 0 Å². The van der Waals surface area contributed by atoms with Gasteiger partial charge in [0.25, 0.3) is 5.91 Å². The molecule has 0 atom stereocenters. The maximum atomic E-state index is 13.4. The van der Waals surface area contributed by atoms with E-state index in [0.29, 0.717) is 0 Å². The van der Waals surface area contributed by atoms with Gasteiger partial charge in [-0.05, 0) is 12.1 Å². The van der Waals surface area contributed by atoms with Crippen molar-refractivity contribution < 1.29 is 18.7 Å². The molecule has 0 heterocycles. The fraction of sp³-hybridized carbons (Fsp3) is 0.231. The van der Waals surface area contributed by atoms with E-state index in [2.05, 4.69) is 21.9 Å². The van der Waals surface area contributed by atoms with Crippen LogP contribution in [0.4, 0.5) is 9.18 Å². The van der Waals surface area contributed by atoms with Crippen LogP contribution in [0.25, 0.3) is 0 Å². The second kappa shape index (κ2) is 8.16. The van der Waals surface area contributed by atoms with Crippen LogP contribution in [0.15, 0.2) is 30.9 Å². The first-order valence-corrected chi connectivity index (χ1v) is 6.17. The molecule has 2 N–H and O–H groups in total. The number of carbonyl (C=O) groups is 2. The van der Waals surface area contributed by atoms with Crippen molar-refractivity contribution in [1.29, 1.82) is 0 Å². The number of ether oxygens (including phenoxy) is 1. The molecule has 0 saturated heterocycles. The number of nitrogens with one attached hydrogen (secondary N) is 2. The highest BCUT2D eigenvalue weighted by molar-refractivity contribution is 6.33. The van der Waals surface area contributed by atoms with Crippen molar-refractivity contribution in [3.8, 4) is 0 Å². The summed E-state index contributed by atoms with van der Waals surface area (Å²) in [4.78, 5) is 22.8. The third-order valence-electron chi connectivity index (χ3n) is 2.20. The zero-order valence-electron chi connectivity index (χ0n) is 10.6. The molecule has 2 amide bonds. The first kappa shape index (κ1) is 16.0. The van der Waals surface area contributed by atoms with Crippen molar-refractivity contribution in [1.82, 2.24) is 10.6 Å². The Bertz CT molecular complexity index is 488. The number of benzene rings is 1. The van der Waals surface area contributed by atoms with Crippen LogP contribution in [0, 0.1) is 5.82 Å². The maximum absolute atomic E-state index is 13.4. The average molecular weight is 301 g/mol. The molecular weight excluding hydrogens is 287 g/mol. The lowest BCUT2D eigenvalue weighted by Crippen LogP contribution is -2.35. The van der Waals surface area contributed by atoms with Crippen LogP contribution in [0.1, 0.15) is 10.4 Å². The number of carbonyl (C=O) groups excluding carboxylic acids is 2. The monoisotopic (exact) mass is 300 g/mol. The van der Waals surface area contributed by atoms with E-state index in [1.807, 2.05) is 0 Å². The number of alkyl carbamates (subject to hydrolysis) is 1. The number of halogens is 2. The topological polar surface area (TPSA) is 67.4 Å². The molecule has 1 rings (SSSR count). The van der Waals surface area contributed by atoms with Crippen LogP contribution in [0.2, 0.25) is 5.02 Å². The molecule has 7 heteroatoms. The van der Waals surface area contributed by atoms with Gasteiger partial charge >= 0.3 is 6.09 Å². The number of rotatable bonds is 6. The molecule has 0 bridgehead atoms. The second-order valence-corrected chi connectivity index (χ2v) is 4.07. The Morgan fingerprint density at radius 3 is 2.70 bits per heavy atom. The summed E-state index contributed by atoms with van der Waals surface area (Å²) < 4.78 is 18.1. The molecule has 0 unspecified atom stereocenters. The van der Waals surface area contributed by atoms with E-state index in [1.54, 1.807) is 0 Å². The quantitative estimate of drug-likeness (QED) is 0.624. The molecule has 20 heavy (non-hydrogen) atoms. The SMILES string of the molecule is C=CCOC(=O)NCCNC(=O)c1c(F)cccc1Cl. The van der Waals surface area contributed by atoms with Gasteiger partial charge in [0.15, 0.2) is 0 Å². The largest absolute Gasteiger partial charge is 0.445 e. The van der Waals surface area contributed by atoms with Gasteiger partial charge in [-0.3, -0.25) is 4.79 Å². The van der Waals surface area contributed by atoms with Crippen molar-refractivity contribution >= 4 is 23.6 Å². The van der Waals surface area contributed by atoms with Crippen LogP contribution < -0.4 is 10.6 Å². The van der Waals surface area contributed by atoms with Crippen molar-refractivity contribution in [3.05, 3.63) is 47.3 Å². The maximum Gasteiger partial charge on any atom is 0.407 e. The van der Waals surface area contributed by atoms with Gasteiger partial charge in [0.1, 0.15) is 12.4 Å². The second-order valence-electron chi connectivity index (χ2n) is 3.67. The van der Waals surface area contributed by atoms with Crippen molar-refractivity contribution in [2.75, 3.05) is 19.7 Å². The standard InChI is InChI=1S/C13H14ClFN2O3/c1-2-8-20-13(19)17-7-6-16-12(18)11-9(14)4-3-5-10(11)15/h2-5H,1,6-8H2,(H,16,18)(H,17,19). The van der Waals surface area contributed by atoms with Crippen LogP contribution in [0.3, 0.4) is 0 Å². The molecule has 0 aliphatic rings. The highest BCUT2D eigenvalue weighted by atomic mass is 35.5. The summed E-state index contributed by atoms with van der Waals surface area (Å²) in [5.41, 5.74) is -0.219. The predicted octanol–water partition coefficient (Wildman–Crippen LogP) is 2.12. The third-order valence-corrected chi connectivity index (χ3v) is 2.52. The Balaban J connectivity index is 2.37. The van der Waals surface area contributed by atoms with Crippen molar-refractivity contribution in [2.45, 2.75) is 0 Å². The fourth-order valence-corrected chi connectivity index (χ4v) is 1.58. The van der Waals surface area contributed by atoms with E-state index in [1.165, 1.54) is 18.2 Å². The van der Waals surface area contributed by atoms with E-state index in [4.69, 9.17) is 11.6 Å². The lowest BCUT2D eigenvalue weighted by atomic mass is 10.2. The van der Waals surface area contributed by atoms with E-state index in [9.17, 15) is 14.0 Å². The average Bonchev–Trinajstić information content (AvgIpc) is 2.41. The zero-order valence-corrected chi connectivity index (χ0v) is 11.4. The molecule has 0 aromatic heterocycles. The van der Waals surface area contributed by atoms with Gasteiger partial charge in [-0.1, -0.05) is 30.3 Å². The van der Waals surface area contributed by atoms with Gasteiger partial charge in [-0.2, -0.15) is 0 Å². The molecule has 5 nitrogen and oxygen atoms in total. The molecular formula is C13H14ClFN2O3. The summed E-state index contributed by atoms with van der Waals surface area (Å²) in [6.07, 6.45) is 0.810. The predicted molar refractivity (Wildman–Crippen MR) is 73.3 cm³/mol. The Hall–Kier alpha value is -2.08. The Morgan fingerprint density at radius 1 is 1.35 bits per heavy atom. The molecule has 0 radical (unpaired) electrons. The normalized spacial score (nSPS) is 9.70. The summed E-state index contributed by atoms with van der Waals surface area (Å²) >= 11 is 5.74. The number of amides is 2. The smallest absolute Gasteiger partial charge is 0.407 e. The zero-order chi connectivity index (χ0) is 15.0. The summed E-state index contributed by atoms with van der Waals surface area (Å²) in [6.45, 7) is 3.76. The van der Waals surface area contributed by atoms with Gasteiger partial charge < -0.3 is 15.4 Å². The van der Waals surface area contributed by atoms with Gasteiger partial charge in [-0.15, -0.1) is 0 Å². The minimum Gasteiger partial charge on any atom is -0.445 e. The highest BCUT2D eigenvalue weighted by Gasteiger charge is 2.14. The molecule has 0 aliphatic heterocycles. The van der Waals surface area contributed by atoms with E-state index < -0.39 is 17.8 Å². The van der Waals surface area contributed by atoms with Gasteiger partial charge in [-0.25, -0.2) is 9.18 Å². The van der Waals surface area contributed by atoms with Crippen LogP contribution in [0.5, 0.6) is 0 Å². The molecule has 0 fully saturated rings. The Kier molecular flexibility index (Phi) is 6.52. The van der Waals surface area contributed by atoms with E-state index in [0.717, 1.165) is 6.07 Å². The lowest BCUT2D eigenvalue weighted by Gasteiger charge is -2.08. The summed E-state index contributed by atoms with van der Waals surface area (Å²) in [6, 6.07) is 3.97. The minimum atomic E-state index is -0.701. The van der Waals surface area contributed by atoms with Crippen LogP contribution in [-0.2, 0) is 4.74 Å². The molecule has 0 aliphatic carbocycles. The summed E-state index contributed by atoms with van der Waals surface area (Å²) in [7, 11) is 0. The van der Waals surface area contributed by atoms with Crippen molar-refractivity contribution in [3.63, 3.8) is 0 Å². The summed E-state index contributed by atoms with van der Waals surface area (Å²) in [5, 5.41) is 4.87. The van der Waals surface area contributed by atoms with Crippen LogP contribution in [-0.4, -0.2) is 31.7 Å². The number of hydrogen-bond donors (Lipinski definition) is 2. The van der Waals surface area contributed by atoms with Crippen molar-refractivity contribution in [2.24, 2.45) is 0 Å². The third kappa shape index (κ3) is 4.89. The Morgan fingerprint density at radius 2 is 2.05 bits per heavy atom. The molecule has 1 aromatic carbocycles. The minimum absolute atomic E-state index is 0.0286. The number of hydrogen-bond acceptors (Lipinski definition) is 3. The molecule has 108 valence electrons. The highest BCUT2D eigenvalue weighted by Crippen LogP contribution is 2.18. The fourth-order valence-electron chi connectivity index (χ4n) is 1.33. The van der Waals surface area contributed by atoms with Gasteiger partial charge in [0.05, 0.1) is 10.6 Å². The van der Waals surface area contributed by atoms with E-state index in [-0.39, 0.29) is 30.3 Å². The molecule has 0 saturated carbocycles. The van der Waals surface area contributed by atoms with Crippen LogP contribution >= 0.6 is 11.6 Å². The summed E-state index contributed by atoms with van der Waals surface area (Å²) in [5.74, 6) is -1.34. The first-order valence-electron chi connectivity index (χ1n) is 5.80.